The molecule has 5 heteroatoms. The predicted octanol–water partition coefficient (Wildman–Crippen LogP) is 3.37. The van der Waals surface area contributed by atoms with Crippen molar-refractivity contribution in [3.8, 4) is 0 Å². The molecule has 1 aliphatic carbocycles. The zero-order valence-corrected chi connectivity index (χ0v) is 13.8. The summed E-state index contributed by atoms with van der Waals surface area (Å²) < 4.78 is 27.9. The van der Waals surface area contributed by atoms with Gasteiger partial charge in [0.25, 0.3) is 0 Å². The van der Waals surface area contributed by atoms with E-state index < -0.39 is 10.0 Å². The third-order valence-corrected chi connectivity index (χ3v) is 5.75. The molecule has 0 radical (unpaired) electrons. The van der Waals surface area contributed by atoms with Crippen LogP contribution in [0.1, 0.15) is 46.0 Å². The average Bonchev–Trinajstić information content (AvgIpc) is 2.47. The van der Waals surface area contributed by atoms with E-state index in [9.17, 15) is 8.42 Å². The summed E-state index contributed by atoms with van der Waals surface area (Å²) in [5.74, 6) is 0. The molecule has 0 spiro atoms. The molecule has 0 aliphatic heterocycles. The van der Waals surface area contributed by atoms with Crippen LogP contribution in [0.4, 0.5) is 5.69 Å². The van der Waals surface area contributed by atoms with Gasteiger partial charge in [0, 0.05) is 13.1 Å². The van der Waals surface area contributed by atoms with E-state index in [1.54, 1.807) is 18.2 Å². The van der Waals surface area contributed by atoms with E-state index in [0.717, 1.165) is 12.8 Å². The first-order valence-electron chi connectivity index (χ1n) is 7.79. The highest BCUT2D eigenvalue weighted by atomic mass is 32.2. The van der Waals surface area contributed by atoms with Gasteiger partial charge in [-0.05, 0) is 37.3 Å². The van der Waals surface area contributed by atoms with E-state index in [1.807, 2.05) is 13.0 Å². The molecule has 0 heterocycles. The van der Waals surface area contributed by atoms with Crippen molar-refractivity contribution in [2.45, 2.75) is 50.8 Å². The van der Waals surface area contributed by atoms with Crippen LogP contribution in [0.25, 0.3) is 0 Å². The van der Waals surface area contributed by atoms with Crippen molar-refractivity contribution in [1.82, 2.24) is 4.72 Å². The SMILES string of the molecule is CCNc1ccccc1S(=O)(=O)NCC1(C)CCCCC1. The van der Waals surface area contributed by atoms with Crippen LogP contribution in [-0.4, -0.2) is 21.5 Å². The third-order valence-electron chi connectivity index (χ3n) is 4.29. The summed E-state index contributed by atoms with van der Waals surface area (Å²) in [4.78, 5) is 0.339. The number of sulfonamides is 1. The maximum Gasteiger partial charge on any atom is 0.242 e. The summed E-state index contributed by atoms with van der Waals surface area (Å²) in [7, 11) is -3.46. The van der Waals surface area contributed by atoms with Crippen LogP contribution in [-0.2, 0) is 10.0 Å². The fourth-order valence-electron chi connectivity index (χ4n) is 2.97. The molecule has 1 saturated carbocycles. The Hall–Kier alpha value is -1.07. The molecule has 1 fully saturated rings. The largest absolute Gasteiger partial charge is 0.384 e. The van der Waals surface area contributed by atoms with Crippen LogP contribution < -0.4 is 10.0 Å². The van der Waals surface area contributed by atoms with Crippen LogP contribution in [0.5, 0.6) is 0 Å². The molecule has 0 aromatic heterocycles. The van der Waals surface area contributed by atoms with Crippen LogP contribution in [0, 0.1) is 5.41 Å². The lowest BCUT2D eigenvalue weighted by molar-refractivity contribution is 0.219. The van der Waals surface area contributed by atoms with Gasteiger partial charge >= 0.3 is 0 Å². The Morgan fingerprint density at radius 3 is 2.48 bits per heavy atom. The summed E-state index contributed by atoms with van der Waals surface area (Å²) in [6, 6.07) is 7.07. The molecule has 21 heavy (non-hydrogen) atoms. The smallest absolute Gasteiger partial charge is 0.242 e. The number of benzene rings is 1. The zero-order valence-electron chi connectivity index (χ0n) is 13.0. The molecule has 0 amide bonds. The highest BCUT2D eigenvalue weighted by molar-refractivity contribution is 7.89. The number of nitrogens with one attached hydrogen (secondary N) is 2. The minimum absolute atomic E-state index is 0.0957. The van der Waals surface area contributed by atoms with Crippen molar-refractivity contribution >= 4 is 15.7 Å². The lowest BCUT2D eigenvalue weighted by Gasteiger charge is -2.33. The van der Waals surface area contributed by atoms with Crippen LogP contribution in [0.3, 0.4) is 0 Å². The minimum atomic E-state index is -3.46. The van der Waals surface area contributed by atoms with Crippen LogP contribution in [0.15, 0.2) is 29.2 Å². The van der Waals surface area contributed by atoms with Crippen molar-refractivity contribution in [2.75, 3.05) is 18.4 Å². The van der Waals surface area contributed by atoms with E-state index >= 15 is 0 Å². The fourth-order valence-corrected chi connectivity index (χ4v) is 4.35. The van der Waals surface area contributed by atoms with Gasteiger partial charge in [0.05, 0.1) is 5.69 Å². The molecular weight excluding hydrogens is 284 g/mol. The second kappa shape index (κ2) is 6.79. The topological polar surface area (TPSA) is 58.2 Å². The summed E-state index contributed by atoms with van der Waals surface area (Å²) in [6.45, 7) is 5.37. The fraction of sp³-hybridized carbons (Fsp3) is 0.625. The van der Waals surface area contributed by atoms with Crippen LogP contribution >= 0.6 is 0 Å². The second-order valence-corrected chi connectivity index (χ2v) is 7.96. The number of hydrogen-bond donors (Lipinski definition) is 2. The lowest BCUT2D eigenvalue weighted by atomic mass is 9.76. The van der Waals surface area contributed by atoms with Crippen LogP contribution in [0.2, 0.25) is 0 Å². The molecule has 1 aromatic rings. The first-order valence-corrected chi connectivity index (χ1v) is 9.28. The van der Waals surface area contributed by atoms with Crippen molar-refractivity contribution in [3.63, 3.8) is 0 Å². The quantitative estimate of drug-likeness (QED) is 0.847. The van der Waals surface area contributed by atoms with E-state index in [1.165, 1.54) is 19.3 Å². The van der Waals surface area contributed by atoms with Gasteiger partial charge in [-0.3, -0.25) is 0 Å². The van der Waals surface area contributed by atoms with Gasteiger partial charge in [-0.25, -0.2) is 13.1 Å². The molecule has 0 bridgehead atoms. The molecule has 1 aromatic carbocycles. The van der Waals surface area contributed by atoms with E-state index in [2.05, 4.69) is 17.0 Å². The summed E-state index contributed by atoms with van der Waals surface area (Å²) >= 11 is 0. The van der Waals surface area contributed by atoms with Crippen molar-refractivity contribution in [3.05, 3.63) is 24.3 Å². The molecular formula is C16H26N2O2S. The molecule has 2 rings (SSSR count). The van der Waals surface area contributed by atoms with Crippen molar-refractivity contribution in [1.29, 1.82) is 0 Å². The predicted molar refractivity (Wildman–Crippen MR) is 87.0 cm³/mol. The Labute approximate surface area is 128 Å². The Bertz CT molecular complexity index is 563. The number of para-hydroxylation sites is 1. The number of rotatable bonds is 6. The Morgan fingerprint density at radius 1 is 1.14 bits per heavy atom. The zero-order chi connectivity index (χ0) is 15.3. The lowest BCUT2D eigenvalue weighted by Crippen LogP contribution is -2.37. The first-order chi connectivity index (χ1) is 9.97. The normalized spacial score (nSPS) is 18.4. The highest BCUT2D eigenvalue weighted by Crippen LogP contribution is 2.35. The van der Waals surface area contributed by atoms with Gasteiger partial charge in [0.1, 0.15) is 4.90 Å². The highest BCUT2D eigenvalue weighted by Gasteiger charge is 2.29. The standard InChI is InChI=1S/C16H26N2O2S/c1-3-17-14-9-5-6-10-15(14)21(19,20)18-13-16(2)11-7-4-8-12-16/h5-6,9-10,17-18H,3-4,7-8,11-13H2,1-2H3. The summed E-state index contributed by atoms with van der Waals surface area (Å²) in [5, 5.41) is 3.11. The molecule has 2 N–H and O–H groups in total. The Kier molecular flexibility index (Phi) is 5.27. The molecule has 4 nitrogen and oxygen atoms in total. The van der Waals surface area contributed by atoms with Gasteiger partial charge in [-0.1, -0.05) is 38.3 Å². The Balaban J connectivity index is 2.11. The molecule has 118 valence electrons. The molecule has 0 saturated heterocycles. The van der Waals surface area contributed by atoms with Gasteiger partial charge in [-0.2, -0.15) is 0 Å². The molecule has 1 aliphatic rings. The van der Waals surface area contributed by atoms with Crippen molar-refractivity contribution in [2.24, 2.45) is 5.41 Å². The molecule has 0 unspecified atom stereocenters. The van der Waals surface area contributed by atoms with E-state index in [-0.39, 0.29) is 5.41 Å². The number of anilines is 1. The Morgan fingerprint density at radius 2 is 1.81 bits per heavy atom. The third kappa shape index (κ3) is 4.20. The van der Waals surface area contributed by atoms with Gasteiger partial charge in [-0.15, -0.1) is 0 Å². The summed E-state index contributed by atoms with van der Waals surface area (Å²) in [5.41, 5.74) is 0.764. The summed E-state index contributed by atoms with van der Waals surface area (Å²) in [6.07, 6.45) is 5.87. The van der Waals surface area contributed by atoms with Gasteiger partial charge in [0.15, 0.2) is 0 Å². The maximum absolute atomic E-state index is 12.6. The van der Waals surface area contributed by atoms with Crippen molar-refractivity contribution < 1.29 is 8.42 Å². The minimum Gasteiger partial charge on any atom is -0.384 e. The van der Waals surface area contributed by atoms with E-state index in [0.29, 0.717) is 23.7 Å². The monoisotopic (exact) mass is 310 g/mol. The van der Waals surface area contributed by atoms with Gasteiger partial charge < -0.3 is 5.32 Å². The maximum atomic E-state index is 12.6. The number of hydrogen-bond acceptors (Lipinski definition) is 3. The van der Waals surface area contributed by atoms with E-state index in [4.69, 9.17) is 0 Å². The average molecular weight is 310 g/mol. The van der Waals surface area contributed by atoms with Gasteiger partial charge in [0.2, 0.25) is 10.0 Å². The first kappa shape index (κ1) is 16.3. The molecule has 0 atom stereocenters. The second-order valence-electron chi connectivity index (χ2n) is 6.22.